The van der Waals surface area contributed by atoms with Gasteiger partial charge in [-0.05, 0) is 44.5 Å². The van der Waals surface area contributed by atoms with Crippen LogP contribution in [0.4, 0.5) is 8.78 Å². The molecule has 158 valence electrons. The van der Waals surface area contributed by atoms with Crippen LogP contribution in [0.25, 0.3) is 10.9 Å². The smallest absolute Gasteiger partial charge is 0.310 e. The van der Waals surface area contributed by atoms with Gasteiger partial charge in [0.05, 0.1) is 28.1 Å². The highest BCUT2D eigenvalue weighted by molar-refractivity contribution is 6.42. The minimum absolute atomic E-state index is 0.108. The van der Waals surface area contributed by atoms with Crippen molar-refractivity contribution in [3.63, 3.8) is 0 Å². The molecule has 5 nitrogen and oxygen atoms in total. The van der Waals surface area contributed by atoms with Gasteiger partial charge in [-0.2, -0.15) is 0 Å². The van der Waals surface area contributed by atoms with Crippen LogP contribution in [0.5, 0.6) is 5.75 Å². The molecular weight excluding hydrogens is 439 g/mol. The molecule has 1 aromatic heterocycles. The molecule has 0 bridgehead atoms. The average Bonchev–Trinajstić information content (AvgIpc) is 2.92. The molecule has 0 saturated heterocycles. The van der Waals surface area contributed by atoms with Crippen LogP contribution < -0.4 is 0 Å². The van der Waals surface area contributed by atoms with Gasteiger partial charge in [0.1, 0.15) is 0 Å². The molecule has 0 radical (unpaired) electrons. The van der Waals surface area contributed by atoms with Crippen molar-refractivity contribution in [2.75, 3.05) is 0 Å². The Kier molecular flexibility index (Phi) is 6.06. The summed E-state index contributed by atoms with van der Waals surface area (Å²) in [4.78, 5) is 25.4. The minimum atomic E-state index is -1.26. The van der Waals surface area contributed by atoms with E-state index in [1.165, 1.54) is 25.1 Å². The predicted molar refractivity (Wildman–Crippen MR) is 109 cm³/mol. The molecular formula is C21H17Cl2F2NO4. The number of aromatic nitrogens is 1. The molecule has 0 atom stereocenters. The van der Waals surface area contributed by atoms with Crippen LogP contribution in [-0.2, 0) is 16.0 Å². The van der Waals surface area contributed by atoms with Crippen molar-refractivity contribution < 1.29 is 28.2 Å². The second-order valence-electron chi connectivity index (χ2n) is 6.96. The SMILES string of the molecule is Cc1c(CC(=O)OC(C)C)c2c(F)c(O)c(F)cc2n1C(=O)c1ccc(Cl)c(Cl)c1. The third-order valence-corrected chi connectivity index (χ3v) is 5.28. The van der Waals surface area contributed by atoms with Gasteiger partial charge in [-0.15, -0.1) is 0 Å². The standard InChI is InChI=1S/C21H17Cl2F2NO4/c1-9(2)30-17(27)7-12-10(3)26(16-8-15(24)20(28)19(25)18(12)16)21(29)11-4-5-13(22)14(23)6-11/h4-6,8-9,28H,7H2,1-3H3. The van der Waals surface area contributed by atoms with Crippen molar-refractivity contribution in [2.45, 2.75) is 33.3 Å². The molecule has 0 aliphatic carbocycles. The fourth-order valence-electron chi connectivity index (χ4n) is 3.24. The number of phenolic OH excluding ortho intramolecular Hbond substituents is 1. The number of fused-ring (bicyclic) bond motifs is 1. The Bertz CT molecular complexity index is 1190. The second kappa shape index (κ2) is 8.24. The number of carbonyl (C=O) groups excluding carboxylic acids is 2. The molecule has 9 heteroatoms. The third kappa shape index (κ3) is 3.87. The van der Waals surface area contributed by atoms with E-state index in [1.54, 1.807) is 13.8 Å². The van der Waals surface area contributed by atoms with Gasteiger partial charge < -0.3 is 9.84 Å². The van der Waals surface area contributed by atoms with E-state index < -0.39 is 35.4 Å². The number of benzene rings is 2. The van der Waals surface area contributed by atoms with E-state index in [0.717, 1.165) is 10.6 Å². The summed E-state index contributed by atoms with van der Waals surface area (Å²) in [6, 6.07) is 5.01. The minimum Gasteiger partial charge on any atom is -0.503 e. The van der Waals surface area contributed by atoms with Gasteiger partial charge in [0, 0.05) is 22.7 Å². The zero-order valence-electron chi connectivity index (χ0n) is 16.2. The van der Waals surface area contributed by atoms with E-state index in [0.29, 0.717) is 0 Å². The second-order valence-corrected chi connectivity index (χ2v) is 7.78. The summed E-state index contributed by atoms with van der Waals surface area (Å²) in [5.41, 5.74) is 0.292. The highest BCUT2D eigenvalue weighted by Crippen LogP contribution is 2.36. The molecule has 0 spiro atoms. The average molecular weight is 456 g/mol. The van der Waals surface area contributed by atoms with Gasteiger partial charge in [0.15, 0.2) is 17.4 Å². The quantitative estimate of drug-likeness (QED) is 0.533. The molecule has 1 N–H and O–H groups in total. The molecule has 0 aliphatic rings. The van der Waals surface area contributed by atoms with E-state index in [2.05, 4.69) is 0 Å². The molecule has 0 amide bonds. The number of ether oxygens (including phenoxy) is 1. The summed E-state index contributed by atoms with van der Waals surface area (Å²) in [6.07, 6.45) is -0.774. The molecule has 30 heavy (non-hydrogen) atoms. The molecule has 3 rings (SSSR count). The maximum Gasteiger partial charge on any atom is 0.310 e. The van der Waals surface area contributed by atoms with E-state index in [1.807, 2.05) is 0 Å². The summed E-state index contributed by atoms with van der Waals surface area (Å²) in [5, 5.41) is 9.87. The van der Waals surface area contributed by atoms with Gasteiger partial charge in [0.2, 0.25) is 0 Å². The Morgan fingerprint density at radius 3 is 2.43 bits per heavy atom. The summed E-state index contributed by atoms with van der Waals surface area (Å²) in [7, 11) is 0. The highest BCUT2D eigenvalue weighted by atomic mass is 35.5. The summed E-state index contributed by atoms with van der Waals surface area (Å²) >= 11 is 11.9. The van der Waals surface area contributed by atoms with Gasteiger partial charge in [-0.1, -0.05) is 23.2 Å². The molecule has 0 aliphatic heterocycles. The van der Waals surface area contributed by atoms with Gasteiger partial charge in [-0.25, -0.2) is 8.78 Å². The third-order valence-electron chi connectivity index (χ3n) is 4.55. The maximum atomic E-state index is 14.8. The van der Waals surface area contributed by atoms with Crippen LogP contribution in [-0.4, -0.2) is 27.7 Å². The lowest BCUT2D eigenvalue weighted by Gasteiger charge is -2.09. The van der Waals surface area contributed by atoms with E-state index in [4.69, 9.17) is 27.9 Å². The summed E-state index contributed by atoms with van der Waals surface area (Å²) in [5.74, 6) is -4.99. The first-order valence-corrected chi connectivity index (χ1v) is 9.68. The van der Waals surface area contributed by atoms with Gasteiger partial charge >= 0.3 is 5.97 Å². The molecule has 0 saturated carbocycles. The number of halogens is 4. The van der Waals surface area contributed by atoms with Crippen LogP contribution in [0.3, 0.4) is 0 Å². The first-order valence-electron chi connectivity index (χ1n) is 8.93. The lowest BCUT2D eigenvalue weighted by molar-refractivity contribution is -0.146. The van der Waals surface area contributed by atoms with Gasteiger partial charge in [0.25, 0.3) is 5.91 Å². The Morgan fingerprint density at radius 2 is 1.83 bits per heavy atom. The summed E-state index contributed by atoms with van der Waals surface area (Å²) < 4.78 is 35.1. The lowest BCUT2D eigenvalue weighted by atomic mass is 10.1. The highest BCUT2D eigenvalue weighted by Gasteiger charge is 2.27. The van der Waals surface area contributed by atoms with Crippen LogP contribution in [0.1, 0.15) is 35.5 Å². The first kappa shape index (κ1) is 22.1. The maximum absolute atomic E-state index is 14.8. The number of hydrogen-bond donors (Lipinski definition) is 1. The first-order chi connectivity index (χ1) is 14.0. The fraction of sp³-hybridized carbons (Fsp3) is 0.238. The largest absolute Gasteiger partial charge is 0.503 e. The Hall–Kier alpha value is -2.64. The van der Waals surface area contributed by atoms with Crippen LogP contribution >= 0.6 is 23.2 Å². The van der Waals surface area contributed by atoms with Crippen molar-refractivity contribution in [1.29, 1.82) is 0 Å². The Labute approximate surface area is 180 Å². The van der Waals surface area contributed by atoms with Crippen LogP contribution in [0.2, 0.25) is 10.0 Å². The lowest BCUT2D eigenvalue weighted by Crippen LogP contribution is -2.16. The molecule has 0 fully saturated rings. The predicted octanol–water partition coefficient (Wildman–Crippen LogP) is 5.42. The number of aromatic hydroxyl groups is 1. The number of hydrogen-bond acceptors (Lipinski definition) is 4. The van der Waals surface area contributed by atoms with E-state index >= 15 is 0 Å². The zero-order valence-corrected chi connectivity index (χ0v) is 17.7. The van der Waals surface area contributed by atoms with Crippen molar-refractivity contribution in [2.24, 2.45) is 0 Å². The Balaban J connectivity index is 2.26. The topological polar surface area (TPSA) is 68.5 Å². The monoisotopic (exact) mass is 455 g/mol. The van der Waals surface area contributed by atoms with E-state index in [-0.39, 0.29) is 44.2 Å². The van der Waals surface area contributed by atoms with E-state index in [9.17, 15) is 23.5 Å². The molecule has 2 aromatic carbocycles. The Morgan fingerprint density at radius 1 is 1.17 bits per heavy atom. The number of nitrogens with zero attached hydrogens (tertiary/aromatic N) is 1. The molecule has 0 unspecified atom stereocenters. The van der Waals surface area contributed by atoms with Crippen molar-refractivity contribution in [1.82, 2.24) is 4.57 Å². The van der Waals surface area contributed by atoms with Crippen LogP contribution in [0.15, 0.2) is 24.3 Å². The molecule has 3 aromatic rings. The number of rotatable bonds is 4. The van der Waals surface area contributed by atoms with Crippen molar-refractivity contribution in [3.8, 4) is 5.75 Å². The fourth-order valence-corrected chi connectivity index (χ4v) is 3.54. The number of carbonyl (C=O) groups is 2. The number of phenols is 1. The normalized spacial score (nSPS) is 11.3. The summed E-state index contributed by atoms with van der Waals surface area (Å²) in [6.45, 7) is 4.80. The van der Waals surface area contributed by atoms with Crippen molar-refractivity contribution >= 4 is 46.0 Å². The van der Waals surface area contributed by atoms with Crippen molar-refractivity contribution in [3.05, 3.63) is 62.8 Å². The zero-order chi connectivity index (χ0) is 22.3. The van der Waals surface area contributed by atoms with Gasteiger partial charge in [-0.3, -0.25) is 14.2 Å². The van der Waals surface area contributed by atoms with Crippen LogP contribution in [0, 0.1) is 18.6 Å². The molecule has 1 heterocycles. The number of esters is 1.